The van der Waals surface area contributed by atoms with Crippen LogP contribution in [0.1, 0.15) is 30.7 Å². The number of hydrogen-bond donors (Lipinski definition) is 1. The fourth-order valence-electron chi connectivity index (χ4n) is 2.80. The molecular formula is C15H20N2O2. The lowest BCUT2D eigenvalue weighted by molar-refractivity contribution is -0.134. The van der Waals surface area contributed by atoms with Crippen LogP contribution in [0.3, 0.4) is 0 Å². The molecule has 1 aliphatic heterocycles. The zero-order valence-electron chi connectivity index (χ0n) is 11.0. The Morgan fingerprint density at radius 3 is 2.84 bits per heavy atom. The van der Waals surface area contributed by atoms with Crippen LogP contribution in [-0.4, -0.2) is 36.5 Å². The van der Waals surface area contributed by atoms with Gasteiger partial charge in [0, 0.05) is 24.7 Å². The maximum Gasteiger partial charge on any atom is 0.230 e. The Labute approximate surface area is 113 Å². The number of carbonyl (C=O) groups is 1. The fraction of sp³-hybridized carbons (Fsp3) is 0.533. The van der Waals surface area contributed by atoms with E-state index in [4.69, 9.17) is 10.5 Å². The molecule has 4 heteroatoms. The largest absolute Gasteiger partial charge is 0.493 e. The van der Waals surface area contributed by atoms with Crippen molar-refractivity contribution in [3.63, 3.8) is 0 Å². The van der Waals surface area contributed by atoms with Gasteiger partial charge < -0.3 is 15.4 Å². The van der Waals surface area contributed by atoms with Gasteiger partial charge in [-0.1, -0.05) is 18.2 Å². The van der Waals surface area contributed by atoms with Crippen LogP contribution >= 0.6 is 0 Å². The van der Waals surface area contributed by atoms with E-state index >= 15 is 0 Å². The number of carbonyl (C=O) groups excluding carboxylic acids is 1. The van der Waals surface area contributed by atoms with Crippen molar-refractivity contribution < 1.29 is 9.53 Å². The molecule has 1 fully saturated rings. The summed E-state index contributed by atoms with van der Waals surface area (Å²) in [6.07, 6.45) is 3.01. The van der Waals surface area contributed by atoms with Crippen LogP contribution in [-0.2, 0) is 4.79 Å². The second kappa shape index (κ2) is 5.21. The van der Waals surface area contributed by atoms with Crippen LogP contribution in [0.5, 0.6) is 5.75 Å². The van der Waals surface area contributed by atoms with Crippen LogP contribution in [0.4, 0.5) is 0 Å². The summed E-state index contributed by atoms with van der Waals surface area (Å²) < 4.78 is 5.62. The molecule has 0 saturated heterocycles. The Morgan fingerprint density at radius 2 is 2.11 bits per heavy atom. The van der Waals surface area contributed by atoms with Crippen molar-refractivity contribution in [2.24, 2.45) is 5.73 Å². The second-order valence-electron chi connectivity index (χ2n) is 5.28. The summed E-state index contributed by atoms with van der Waals surface area (Å²) in [7, 11) is 0. The fourth-order valence-corrected chi connectivity index (χ4v) is 2.80. The van der Waals surface area contributed by atoms with E-state index in [1.807, 2.05) is 29.2 Å². The van der Waals surface area contributed by atoms with E-state index in [0.717, 1.165) is 30.6 Å². The molecule has 1 aromatic carbocycles. The molecule has 1 aromatic rings. The first kappa shape index (κ1) is 12.5. The van der Waals surface area contributed by atoms with Gasteiger partial charge >= 0.3 is 0 Å². The van der Waals surface area contributed by atoms with Crippen molar-refractivity contribution in [1.82, 2.24) is 4.90 Å². The van der Waals surface area contributed by atoms with E-state index in [1.165, 1.54) is 0 Å². The van der Waals surface area contributed by atoms with Crippen LogP contribution in [0, 0.1) is 0 Å². The molecule has 1 unspecified atom stereocenters. The van der Waals surface area contributed by atoms with E-state index < -0.39 is 0 Å². The van der Waals surface area contributed by atoms with Crippen LogP contribution in [0.2, 0.25) is 0 Å². The van der Waals surface area contributed by atoms with E-state index in [1.54, 1.807) is 0 Å². The quantitative estimate of drug-likeness (QED) is 0.892. The number of para-hydroxylation sites is 1. The summed E-state index contributed by atoms with van der Waals surface area (Å²) >= 11 is 0. The zero-order chi connectivity index (χ0) is 13.2. The molecule has 0 radical (unpaired) electrons. The lowest BCUT2D eigenvalue weighted by Crippen LogP contribution is -2.41. The predicted octanol–water partition coefficient (Wildman–Crippen LogP) is 1.50. The molecule has 4 nitrogen and oxygen atoms in total. The number of nitrogens with zero attached hydrogens (tertiary/aromatic N) is 1. The van der Waals surface area contributed by atoms with Gasteiger partial charge in [-0.15, -0.1) is 0 Å². The standard InChI is InChI=1S/C15H20N2O2/c16-8-9-17(11-5-6-11)15(18)13-7-10-19-14-4-2-1-3-12(13)14/h1-4,11,13H,5-10,16H2. The van der Waals surface area contributed by atoms with Gasteiger partial charge in [0.1, 0.15) is 5.75 Å². The number of nitrogens with two attached hydrogens (primary N) is 1. The Bertz CT molecular complexity index is 471. The Morgan fingerprint density at radius 1 is 1.32 bits per heavy atom. The Hall–Kier alpha value is -1.55. The van der Waals surface area contributed by atoms with Gasteiger partial charge in [0.05, 0.1) is 12.5 Å². The van der Waals surface area contributed by atoms with Crippen LogP contribution < -0.4 is 10.5 Å². The second-order valence-corrected chi connectivity index (χ2v) is 5.28. The molecule has 1 atom stereocenters. The topological polar surface area (TPSA) is 55.6 Å². The van der Waals surface area contributed by atoms with Crippen molar-refractivity contribution in [3.8, 4) is 5.75 Å². The summed E-state index contributed by atoms with van der Waals surface area (Å²) in [6, 6.07) is 8.29. The van der Waals surface area contributed by atoms with Gasteiger partial charge in [-0.05, 0) is 25.3 Å². The SMILES string of the molecule is NCCN(C(=O)C1CCOc2ccccc21)C1CC1. The van der Waals surface area contributed by atoms with Crippen molar-refractivity contribution in [1.29, 1.82) is 0 Å². The van der Waals surface area contributed by atoms with E-state index in [-0.39, 0.29) is 11.8 Å². The third kappa shape index (κ3) is 2.45. The number of benzene rings is 1. The van der Waals surface area contributed by atoms with Gasteiger partial charge in [0.2, 0.25) is 5.91 Å². The lowest BCUT2D eigenvalue weighted by Gasteiger charge is -2.30. The summed E-state index contributed by atoms with van der Waals surface area (Å²) in [5, 5.41) is 0. The van der Waals surface area contributed by atoms with Gasteiger partial charge in [-0.25, -0.2) is 0 Å². The summed E-state index contributed by atoms with van der Waals surface area (Å²) in [5.74, 6) is 1.02. The smallest absolute Gasteiger partial charge is 0.230 e. The summed E-state index contributed by atoms with van der Waals surface area (Å²) in [4.78, 5) is 14.7. The molecule has 1 amide bonds. The molecule has 2 aliphatic rings. The number of rotatable bonds is 4. The molecular weight excluding hydrogens is 240 g/mol. The Kier molecular flexibility index (Phi) is 3.42. The van der Waals surface area contributed by atoms with Gasteiger partial charge in [0.25, 0.3) is 0 Å². The minimum absolute atomic E-state index is 0.0582. The Balaban J connectivity index is 1.83. The minimum Gasteiger partial charge on any atom is -0.493 e. The number of ether oxygens (including phenoxy) is 1. The van der Waals surface area contributed by atoms with Crippen LogP contribution in [0.25, 0.3) is 0 Å². The van der Waals surface area contributed by atoms with Gasteiger partial charge in [0.15, 0.2) is 0 Å². The van der Waals surface area contributed by atoms with E-state index in [9.17, 15) is 4.79 Å². The average Bonchev–Trinajstić information content (AvgIpc) is 3.28. The van der Waals surface area contributed by atoms with E-state index in [2.05, 4.69) is 0 Å². The molecule has 1 saturated carbocycles. The molecule has 102 valence electrons. The lowest BCUT2D eigenvalue weighted by atomic mass is 9.91. The highest BCUT2D eigenvalue weighted by atomic mass is 16.5. The highest BCUT2D eigenvalue weighted by molar-refractivity contribution is 5.85. The monoisotopic (exact) mass is 260 g/mol. The van der Waals surface area contributed by atoms with Crippen molar-refractivity contribution in [2.75, 3.05) is 19.7 Å². The molecule has 2 N–H and O–H groups in total. The maximum absolute atomic E-state index is 12.7. The first-order valence-electron chi connectivity index (χ1n) is 7.03. The van der Waals surface area contributed by atoms with Gasteiger partial charge in [-0.2, -0.15) is 0 Å². The normalized spacial score (nSPS) is 21.4. The molecule has 0 aromatic heterocycles. The number of fused-ring (bicyclic) bond motifs is 1. The molecule has 0 spiro atoms. The van der Waals surface area contributed by atoms with Gasteiger partial charge in [-0.3, -0.25) is 4.79 Å². The van der Waals surface area contributed by atoms with Crippen LogP contribution in [0.15, 0.2) is 24.3 Å². The van der Waals surface area contributed by atoms with Crippen molar-refractivity contribution in [2.45, 2.75) is 31.2 Å². The van der Waals surface area contributed by atoms with Crippen molar-refractivity contribution in [3.05, 3.63) is 29.8 Å². The number of amides is 1. The molecule has 3 rings (SSSR count). The third-order valence-electron chi connectivity index (χ3n) is 3.90. The minimum atomic E-state index is -0.0582. The first-order chi connectivity index (χ1) is 9.31. The van der Waals surface area contributed by atoms with Crippen molar-refractivity contribution >= 4 is 5.91 Å². The highest BCUT2D eigenvalue weighted by Crippen LogP contribution is 2.37. The highest BCUT2D eigenvalue weighted by Gasteiger charge is 2.37. The van der Waals surface area contributed by atoms with E-state index in [0.29, 0.717) is 25.7 Å². The molecule has 1 aliphatic carbocycles. The predicted molar refractivity (Wildman–Crippen MR) is 73.1 cm³/mol. The maximum atomic E-state index is 12.7. The number of hydrogen-bond acceptors (Lipinski definition) is 3. The first-order valence-corrected chi connectivity index (χ1v) is 7.03. The summed E-state index contributed by atoms with van der Waals surface area (Å²) in [6.45, 7) is 1.82. The summed E-state index contributed by atoms with van der Waals surface area (Å²) in [5.41, 5.74) is 6.67. The molecule has 0 bridgehead atoms. The molecule has 19 heavy (non-hydrogen) atoms. The third-order valence-corrected chi connectivity index (χ3v) is 3.90. The molecule has 1 heterocycles. The zero-order valence-corrected chi connectivity index (χ0v) is 11.0. The average molecular weight is 260 g/mol.